The molecule has 0 saturated heterocycles. The lowest BCUT2D eigenvalue weighted by Crippen LogP contribution is -2.26. The maximum Gasteiger partial charge on any atom is 0.332 e. The van der Waals surface area contributed by atoms with Crippen molar-refractivity contribution >= 4 is 28.6 Å². The number of ether oxygens (including phenoxy) is 1. The Balaban J connectivity index is 2.46. The van der Waals surface area contributed by atoms with E-state index < -0.39 is 11.2 Å². The van der Waals surface area contributed by atoms with Crippen molar-refractivity contribution in [2.45, 2.75) is 32.0 Å². The highest BCUT2D eigenvalue weighted by Crippen LogP contribution is 2.40. The molecule has 1 aliphatic rings. The van der Waals surface area contributed by atoms with E-state index in [2.05, 4.69) is 22.6 Å². The minimum Gasteiger partial charge on any atom is -0.446 e. The van der Waals surface area contributed by atoms with Crippen LogP contribution in [-0.2, 0) is 15.1 Å². The fraction of sp³-hybridized carbons (Fsp3) is 0.312. The number of aliphatic hydroxyl groups is 1. The first-order valence-corrected chi connectivity index (χ1v) is 7.42. The van der Waals surface area contributed by atoms with E-state index >= 15 is 0 Å². The van der Waals surface area contributed by atoms with Crippen LogP contribution in [0, 0.1) is 0 Å². The van der Waals surface area contributed by atoms with Crippen LogP contribution in [0.25, 0.3) is 0 Å². The van der Waals surface area contributed by atoms with Crippen molar-refractivity contribution in [2.24, 2.45) is 0 Å². The van der Waals surface area contributed by atoms with E-state index in [1.165, 1.54) is 6.08 Å². The zero-order valence-corrected chi connectivity index (χ0v) is 13.8. The molecular formula is C16H17IO3. The predicted molar refractivity (Wildman–Crippen MR) is 86.4 cm³/mol. The summed E-state index contributed by atoms with van der Waals surface area (Å²) in [7, 11) is 0. The van der Waals surface area contributed by atoms with Gasteiger partial charge in [0.25, 0.3) is 0 Å². The lowest BCUT2D eigenvalue weighted by Gasteiger charge is -2.27. The molecule has 0 aliphatic carbocycles. The number of cyclic esters (lactones) is 1. The summed E-state index contributed by atoms with van der Waals surface area (Å²) in [5.41, 5.74) is -0.0847. The van der Waals surface area contributed by atoms with Gasteiger partial charge in [-0.25, -0.2) is 4.79 Å². The second-order valence-electron chi connectivity index (χ2n) is 5.47. The molecule has 1 atom stereocenters. The molecule has 0 aromatic heterocycles. The summed E-state index contributed by atoms with van der Waals surface area (Å²) >= 11 is 2.08. The Kier molecular flexibility index (Phi) is 4.07. The molecule has 1 aromatic rings. The summed E-state index contributed by atoms with van der Waals surface area (Å²) in [6.45, 7) is 5.29. The van der Waals surface area contributed by atoms with Crippen LogP contribution in [0.1, 0.15) is 26.3 Å². The summed E-state index contributed by atoms with van der Waals surface area (Å²) in [4.78, 5) is 11.7. The lowest BCUT2D eigenvalue weighted by molar-refractivity contribution is -0.145. The molecule has 1 N–H and O–H groups in total. The van der Waals surface area contributed by atoms with Crippen LogP contribution in [0.3, 0.4) is 0 Å². The lowest BCUT2D eigenvalue weighted by atomic mass is 9.88. The summed E-state index contributed by atoms with van der Waals surface area (Å²) < 4.78 is 6.25. The van der Waals surface area contributed by atoms with Gasteiger partial charge in [-0.15, -0.1) is 0 Å². The fourth-order valence-electron chi connectivity index (χ4n) is 2.03. The number of esters is 1. The highest BCUT2D eigenvalue weighted by molar-refractivity contribution is 14.1. The van der Waals surface area contributed by atoms with Gasteiger partial charge in [-0.2, -0.15) is 0 Å². The van der Waals surface area contributed by atoms with Crippen LogP contribution in [0.2, 0.25) is 0 Å². The van der Waals surface area contributed by atoms with E-state index in [1.54, 1.807) is 13.8 Å². The Labute approximate surface area is 132 Å². The average Bonchev–Trinajstić information content (AvgIpc) is 2.65. The van der Waals surface area contributed by atoms with Gasteiger partial charge in [0, 0.05) is 15.2 Å². The molecule has 106 valence electrons. The van der Waals surface area contributed by atoms with Gasteiger partial charge >= 0.3 is 5.97 Å². The van der Waals surface area contributed by atoms with Crippen LogP contribution in [0.4, 0.5) is 0 Å². The molecule has 1 unspecified atom stereocenters. The van der Waals surface area contributed by atoms with Gasteiger partial charge in [0.15, 0.2) is 5.60 Å². The van der Waals surface area contributed by atoms with E-state index in [1.807, 2.05) is 43.3 Å². The van der Waals surface area contributed by atoms with Gasteiger partial charge in [-0.05, 0) is 55.0 Å². The summed E-state index contributed by atoms with van der Waals surface area (Å²) in [6, 6.07) is 9.60. The Morgan fingerprint density at radius 1 is 1.35 bits per heavy atom. The molecule has 0 spiro atoms. The summed E-state index contributed by atoms with van der Waals surface area (Å²) in [5.74, 6) is -0.359. The topological polar surface area (TPSA) is 46.5 Å². The second kappa shape index (κ2) is 5.33. The standard InChI is InChI=1S/C16H17IO3/c1-15(2,19)13(17)9-12-10-14(18)20-16(12,3)11-7-5-4-6-8-11/h4-10,19H,1-3H3/b13-9-. The smallest absolute Gasteiger partial charge is 0.332 e. The van der Waals surface area contributed by atoms with Crippen LogP contribution < -0.4 is 0 Å². The van der Waals surface area contributed by atoms with E-state index in [0.29, 0.717) is 0 Å². The van der Waals surface area contributed by atoms with E-state index in [-0.39, 0.29) is 5.97 Å². The third kappa shape index (κ3) is 2.96. The number of hydrogen-bond acceptors (Lipinski definition) is 3. The first-order chi connectivity index (χ1) is 9.23. The zero-order chi connectivity index (χ0) is 15.0. The zero-order valence-electron chi connectivity index (χ0n) is 11.7. The van der Waals surface area contributed by atoms with Crippen molar-refractivity contribution in [3.63, 3.8) is 0 Å². The third-order valence-electron chi connectivity index (χ3n) is 3.32. The Morgan fingerprint density at radius 2 is 1.95 bits per heavy atom. The molecule has 0 saturated carbocycles. The monoisotopic (exact) mass is 384 g/mol. The molecule has 0 bridgehead atoms. The van der Waals surface area contributed by atoms with Gasteiger partial charge in [0.2, 0.25) is 0 Å². The minimum absolute atomic E-state index is 0.359. The van der Waals surface area contributed by atoms with Crippen molar-refractivity contribution < 1.29 is 14.6 Å². The molecule has 3 nitrogen and oxygen atoms in total. The number of rotatable bonds is 3. The highest BCUT2D eigenvalue weighted by Gasteiger charge is 2.39. The summed E-state index contributed by atoms with van der Waals surface area (Å²) in [5, 5.41) is 10.0. The van der Waals surface area contributed by atoms with Crippen LogP contribution >= 0.6 is 22.6 Å². The third-order valence-corrected chi connectivity index (χ3v) is 4.95. The molecule has 20 heavy (non-hydrogen) atoms. The van der Waals surface area contributed by atoms with Crippen molar-refractivity contribution in [1.82, 2.24) is 0 Å². The molecule has 0 fully saturated rings. The van der Waals surface area contributed by atoms with Crippen molar-refractivity contribution in [1.29, 1.82) is 0 Å². The number of hydrogen-bond donors (Lipinski definition) is 1. The maximum atomic E-state index is 11.7. The van der Waals surface area contributed by atoms with E-state index in [4.69, 9.17) is 4.74 Å². The first kappa shape index (κ1) is 15.3. The number of halogens is 1. The largest absolute Gasteiger partial charge is 0.446 e. The number of benzene rings is 1. The van der Waals surface area contributed by atoms with Crippen LogP contribution in [0.15, 0.2) is 51.6 Å². The van der Waals surface area contributed by atoms with E-state index in [0.717, 1.165) is 14.7 Å². The van der Waals surface area contributed by atoms with Crippen molar-refractivity contribution in [3.8, 4) is 0 Å². The molecule has 0 amide bonds. The Morgan fingerprint density at radius 3 is 2.50 bits per heavy atom. The SMILES string of the molecule is CC(C)(O)/C(I)=C/C1=CC(=O)OC1(C)c1ccccc1. The minimum atomic E-state index is -0.940. The van der Waals surface area contributed by atoms with Gasteiger partial charge in [0.05, 0.1) is 5.60 Å². The second-order valence-corrected chi connectivity index (χ2v) is 6.63. The molecule has 0 radical (unpaired) electrons. The van der Waals surface area contributed by atoms with Gasteiger partial charge in [-0.3, -0.25) is 0 Å². The normalized spacial score (nSPS) is 23.6. The molecule has 1 aliphatic heterocycles. The van der Waals surface area contributed by atoms with Gasteiger partial charge in [0.1, 0.15) is 0 Å². The highest BCUT2D eigenvalue weighted by atomic mass is 127. The maximum absolute atomic E-state index is 11.7. The fourth-order valence-corrected chi connectivity index (χ4v) is 2.36. The molecule has 1 heterocycles. The van der Waals surface area contributed by atoms with Gasteiger partial charge in [-0.1, -0.05) is 30.3 Å². The average molecular weight is 384 g/mol. The molecule has 2 rings (SSSR count). The summed E-state index contributed by atoms with van der Waals surface area (Å²) in [6.07, 6.45) is 3.30. The Hall–Kier alpha value is -1.14. The quantitative estimate of drug-likeness (QED) is 0.641. The van der Waals surface area contributed by atoms with Crippen molar-refractivity contribution in [3.05, 3.63) is 57.2 Å². The van der Waals surface area contributed by atoms with Crippen molar-refractivity contribution in [2.75, 3.05) is 0 Å². The van der Waals surface area contributed by atoms with Crippen LogP contribution in [0.5, 0.6) is 0 Å². The predicted octanol–water partition coefficient (Wildman–Crippen LogP) is 3.47. The molecule has 4 heteroatoms. The van der Waals surface area contributed by atoms with Crippen LogP contribution in [-0.4, -0.2) is 16.7 Å². The number of carbonyl (C=O) groups is 1. The van der Waals surface area contributed by atoms with Gasteiger partial charge < -0.3 is 9.84 Å². The molecular weight excluding hydrogens is 367 g/mol. The van der Waals surface area contributed by atoms with E-state index in [9.17, 15) is 9.90 Å². The number of carbonyl (C=O) groups excluding carboxylic acids is 1. The molecule has 1 aromatic carbocycles. The Bertz CT molecular complexity index is 581. The first-order valence-electron chi connectivity index (χ1n) is 6.34.